The van der Waals surface area contributed by atoms with Crippen LogP contribution in [0.2, 0.25) is 0 Å². The second-order valence-electron chi connectivity index (χ2n) is 7.54. The Kier molecular flexibility index (Phi) is 6.10. The summed E-state index contributed by atoms with van der Waals surface area (Å²) < 4.78 is 26.4. The fourth-order valence-corrected chi connectivity index (χ4v) is 4.54. The fourth-order valence-electron chi connectivity index (χ4n) is 4.21. The lowest BCUT2D eigenvalue weighted by atomic mass is 10.0. The van der Waals surface area contributed by atoms with E-state index in [1.807, 2.05) is 10.8 Å². The number of nitrogens with zero attached hydrogens (tertiary/aromatic N) is 4. The van der Waals surface area contributed by atoms with Crippen LogP contribution < -0.4 is 10.8 Å². The molecule has 3 unspecified atom stereocenters. The molecule has 5 atom stereocenters. The number of hydrogen-bond acceptors (Lipinski definition) is 7. The number of fused-ring (bicyclic) bond motifs is 2. The predicted octanol–water partition coefficient (Wildman–Crippen LogP) is -0.754. The Morgan fingerprint density at radius 3 is 3.07 bits per heavy atom. The minimum absolute atomic E-state index is 0.136. The first-order valence-corrected chi connectivity index (χ1v) is 10.5. The van der Waals surface area contributed by atoms with Gasteiger partial charge in [-0.2, -0.15) is 9.27 Å². The van der Waals surface area contributed by atoms with Crippen LogP contribution in [-0.4, -0.2) is 78.0 Å². The fraction of sp³-hybridized carbons (Fsp3) is 0.688. The van der Waals surface area contributed by atoms with E-state index in [1.54, 1.807) is 12.5 Å². The topological polar surface area (TPSA) is 138 Å². The first kappa shape index (κ1) is 20.2. The molecule has 3 fully saturated rings. The molecule has 0 spiro atoms. The molecule has 3 aliphatic heterocycles. The van der Waals surface area contributed by atoms with Crippen molar-refractivity contribution in [1.29, 1.82) is 0 Å². The largest absolute Gasteiger partial charge is 0.346 e. The third kappa shape index (κ3) is 4.59. The molecule has 160 valence electrons. The molecule has 4 rings (SSSR count). The first-order valence-electron chi connectivity index (χ1n) is 9.51. The molecule has 3 saturated heterocycles. The van der Waals surface area contributed by atoms with Gasteiger partial charge in [0, 0.05) is 38.1 Å². The van der Waals surface area contributed by atoms with Crippen LogP contribution in [0.1, 0.15) is 19.3 Å². The van der Waals surface area contributed by atoms with Gasteiger partial charge in [-0.25, -0.2) is 15.3 Å². The van der Waals surface area contributed by atoms with Gasteiger partial charge >= 0.3 is 17.4 Å². The van der Waals surface area contributed by atoms with Crippen molar-refractivity contribution in [3.05, 3.63) is 18.7 Å². The van der Waals surface area contributed by atoms with Gasteiger partial charge < -0.3 is 14.8 Å². The summed E-state index contributed by atoms with van der Waals surface area (Å²) in [6.45, 7) is 2.35. The molecule has 3 N–H and O–H groups in total. The lowest BCUT2D eigenvalue weighted by molar-refractivity contribution is -0.139. The third-order valence-corrected chi connectivity index (χ3v) is 5.86. The van der Waals surface area contributed by atoms with E-state index in [-0.39, 0.29) is 18.6 Å². The number of nitrogens with one attached hydrogen (secondary N) is 2. The Bertz CT molecular complexity index is 763. The van der Waals surface area contributed by atoms with E-state index in [4.69, 9.17) is 9.39 Å². The smallest absolute Gasteiger partial charge is 0.337 e. The van der Waals surface area contributed by atoms with Crippen molar-refractivity contribution < 1.29 is 27.5 Å². The maximum absolute atomic E-state index is 12.5. The first-order chi connectivity index (χ1) is 14.0. The molecule has 1 aromatic heterocycles. The molecule has 0 radical (unpaired) electrons. The summed E-state index contributed by atoms with van der Waals surface area (Å²) in [5.74, 6) is 0.0609. The average molecular weight is 428 g/mol. The molecule has 12 nitrogen and oxygen atoms in total. The number of urea groups is 1. The molecule has 13 heteroatoms. The molecular formula is C16H24N6O6S. The standard InChI is InChI=1S/C16H24N6O6S/c23-15(14-2-1-13-8-21(14)16(24)22(13)28-29(25)26)19-27-9-12-5-11(6-18-12)7-20-4-3-17-10-20/h3-4,10-14,18H,1-2,5-9H2,(H,19,23)(H,25,26)/t11-,12-,13?,14?/m0/s1. The Labute approximate surface area is 169 Å². The summed E-state index contributed by atoms with van der Waals surface area (Å²) >= 11 is -2.59. The van der Waals surface area contributed by atoms with Crippen LogP contribution in [0, 0.1) is 5.92 Å². The second-order valence-corrected chi connectivity index (χ2v) is 8.13. The molecule has 4 heterocycles. The average Bonchev–Trinajstić information content (AvgIpc) is 3.41. The molecule has 3 amide bonds. The normalized spacial score (nSPS) is 30.0. The number of carbonyl (C=O) groups excluding carboxylic acids is 2. The number of piperidine rings is 1. The van der Waals surface area contributed by atoms with Gasteiger partial charge in [-0.3, -0.25) is 14.2 Å². The van der Waals surface area contributed by atoms with E-state index in [9.17, 15) is 13.8 Å². The monoisotopic (exact) mass is 428 g/mol. The number of imidazole rings is 1. The lowest BCUT2D eigenvalue weighted by Gasteiger charge is -2.29. The summed E-state index contributed by atoms with van der Waals surface area (Å²) in [6.07, 6.45) is 7.33. The molecule has 0 aromatic carbocycles. The van der Waals surface area contributed by atoms with Crippen molar-refractivity contribution in [3.8, 4) is 0 Å². The van der Waals surface area contributed by atoms with Crippen LogP contribution in [0.3, 0.4) is 0 Å². The Hall–Kier alpha value is -2.06. The van der Waals surface area contributed by atoms with E-state index in [1.165, 1.54) is 4.90 Å². The Morgan fingerprint density at radius 1 is 1.45 bits per heavy atom. The van der Waals surface area contributed by atoms with Gasteiger partial charge in [0.2, 0.25) is 0 Å². The molecule has 0 saturated carbocycles. The summed E-state index contributed by atoms with van der Waals surface area (Å²) in [5.41, 5.74) is 2.44. The van der Waals surface area contributed by atoms with E-state index < -0.39 is 29.3 Å². The molecule has 29 heavy (non-hydrogen) atoms. The highest BCUT2D eigenvalue weighted by Gasteiger charge is 2.48. The maximum atomic E-state index is 12.5. The highest BCUT2D eigenvalue weighted by Crippen LogP contribution is 2.30. The van der Waals surface area contributed by atoms with Gasteiger partial charge in [0.05, 0.1) is 19.0 Å². The van der Waals surface area contributed by atoms with Crippen molar-refractivity contribution in [3.63, 3.8) is 0 Å². The van der Waals surface area contributed by atoms with Crippen LogP contribution in [0.4, 0.5) is 4.79 Å². The van der Waals surface area contributed by atoms with Gasteiger partial charge in [-0.1, -0.05) is 0 Å². The van der Waals surface area contributed by atoms with Crippen molar-refractivity contribution in [2.45, 2.75) is 43.9 Å². The quantitative estimate of drug-likeness (QED) is 0.363. The van der Waals surface area contributed by atoms with Gasteiger partial charge in [-0.05, 0) is 25.2 Å². The second kappa shape index (κ2) is 8.75. The molecule has 1 aromatic rings. The van der Waals surface area contributed by atoms with E-state index in [0.29, 0.717) is 25.4 Å². The number of hydrogen-bond donors (Lipinski definition) is 3. The maximum Gasteiger partial charge on any atom is 0.346 e. The van der Waals surface area contributed by atoms with Crippen molar-refractivity contribution in [2.24, 2.45) is 5.92 Å². The number of hydroxylamine groups is 3. The zero-order valence-corrected chi connectivity index (χ0v) is 16.5. The summed E-state index contributed by atoms with van der Waals surface area (Å²) in [6, 6.07) is -1.48. The zero-order valence-electron chi connectivity index (χ0n) is 15.7. The summed E-state index contributed by atoms with van der Waals surface area (Å²) in [5, 5.41) is 4.26. The van der Waals surface area contributed by atoms with Crippen molar-refractivity contribution in [1.82, 2.24) is 30.3 Å². The lowest BCUT2D eigenvalue weighted by Crippen LogP contribution is -2.50. The molecule has 3 aliphatic rings. The SMILES string of the molecule is O=C(NOC[C@@H]1C[C@H](Cn2ccnc2)CN1)C1CCC2CN1C(=O)N2OS(=O)O. The zero-order chi connectivity index (χ0) is 20.4. The third-order valence-electron chi connectivity index (χ3n) is 5.57. The molecule has 0 aliphatic carbocycles. The Balaban J connectivity index is 1.20. The van der Waals surface area contributed by atoms with Crippen LogP contribution in [0.5, 0.6) is 0 Å². The van der Waals surface area contributed by atoms with Crippen LogP contribution in [0.15, 0.2) is 18.7 Å². The van der Waals surface area contributed by atoms with Gasteiger partial charge in [0.25, 0.3) is 5.91 Å². The number of carbonyl (C=O) groups is 2. The minimum Gasteiger partial charge on any atom is -0.337 e. The number of aromatic nitrogens is 2. The van der Waals surface area contributed by atoms with Crippen molar-refractivity contribution in [2.75, 3.05) is 19.7 Å². The highest BCUT2D eigenvalue weighted by atomic mass is 32.2. The summed E-state index contributed by atoms with van der Waals surface area (Å²) in [7, 11) is 0. The predicted molar refractivity (Wildman–Crippen MR) is 98.8 cm³/mol. The molecular weight excluding hydrogens is 404 g/mol. The Morgan fingerprint density at radius 2 is 2.31 bits per heavy atom. The van der Waals surface area contributed by atoms with Gasteiger partial charge in [-0.15, -0.1) is 4.28 Å². The van der Waals surface area contributed by atoms with Gasteiger partial charge in [0.1, 0.15) is 6.04 Å². The van der Waals surface area contributed by atoms with E-state index in [2.05, 4.69) is 20.1 Å². The van der Waals surface area contributed by atoms with Gasteiger partial charge in [0.15, 0.2) is 0 Å². The minimum atomic E-state index is -2.59. The van der Waals surface area contributed by atoms with Crippen LogP contribution >= 0.6 is 0 Å². The van der Waals surface area contributed by atoms with E-state index in [0.717, 1.165) is 24.6 Å². The number of amides is 3. The molecule has 2 bridgehead atoms. The van der Waals surface area contributed by atoms with Crippen LogP contribution in [-0.2, 0) is 31.8 Å². The number of rotatable bonds is 8. The summed E-state index contributed by atoms with van der Waals surface area (Å²) in [4.78, 5) is 35.6. The van der Waals surface area contributed by atoms with Crippen LogP contribution in [0.25, 0.3) is 0 Å². The highest BCUT2D eigenvalue weighted by molar-refractivity contribution is 7.74. The van der Waals surface area contributed by atoms with Crippen molar-refractivity contribution >= 4 is 23.3 Å². The van der Waals surface area contributed by atoms with E-state index >= 15 is 0 Å².